The Kier molecular flexibility index (Phi) is 4.25. The van der Waals surface area contributed by atoms with Gasteiger partial charge in [-0.05, 0) is 19.3 Å². The van der Waals surface area contributed by atoms with E-state index in [1.165, 1.54) is 0 Å². The number of carbonyl (C=O) groups is 1. The minimum Gasteiger partial charge on any atom is -0.381 e. The van der Waals surface area contributed by atoms with Crippen LogP contribution in [0, 0.1) is 0 Å². The van der Waals surface area contributed by atoms with Crippen LogP contribution in [0.15, 0.2) is 4.52 Å². The Balaban J connectivity index is 1.93. The van der Waals surface area contributed by atoms with Crippen molar-refractivity contribution >= 4 is 5.78 Å². The first-order valence-electron chi connectivity index (χ1n) is 6.21. The number of carbonyl (C=O) groups excluding carboxylic acids is 1. The second-order valence-electron chi connectivity index (χ2n) is 4.43. The molecule has 5 nitrogen and oxygen atoms in total. The van der Waals surface area contributed by atoms with E-state index in [9.17, 15) is 4.79 Å². The Bertz CT molecular complexity index is 370. The van der Waals surface area contributed by atoms with E-state index in [2.05, 4.69) is 10.1 Å². The lowest BCUT2D eigenvalue weighted by Crippen LogP contribution is -2.16. The Labute approximate surface area is 101 Å². The fourth-order valence-corrected chi connectivity index (χ4v) is 1.99. The molecule has 2 rings (SSSR count). The van der Waals surface area contributed by atoms with Gasteiger partial charge < -0.3 is 9.26 Å². The van der Waals surface area contributed by atoms with Crippen molar-refractivity contribution in [2.24, 2.45) is 0 Å². The summed E-state index contributed by atoms with van der Waals surface area (Å²) < 4.78 is 10.5. The Hall–Kier alpha value is -1.23. The number of aromatic nitrogens is 2. The summed E-state index contributed by atoms with van der Waals surface area (Å²) >= 11 is 0. The van der Waals surface area contributed by atoms with Crippen molar-refractivity contribution < 1.29 is 14.1 Å². The zero-order valence-corrected chi connectivity index (χ0v) is 10.1. The summed E-state index contributed by atoms with van der Waals surface area (Å²) in [6.07, 6.45) is 3.75. The highest BCUT2D eigenvalue weighted by atomic mass is 16.5. The topological polar surface area (TPSA) is 65.2 Å². The SMILES string of the molecule is CCCC(=O)Cc1nc(C2CCCOC2)no1. The maximum Gasteiger partial charge on any atom is 0.234 e. The first-order chi connectivity index (χ1) is 8.29. The van der Waals surface area contributed by atoms with E-state index in [1.54, 1.807) is 0 Å². The van der Waals surface area contributed by atoms with Crippen LogP contribution in [0.4, 0.5) is 0 Å². The minimum absolute atomic E-state index is 0.155. The second kappa shape index (κ2) is 5.91. The summed E-state index contributed by atoms with van der Waals surface area (Å²) in [6, 6.07) is 0. The average molecular weight is 238 g/mol. The first kappa shape index (κ1) is 12.2. The number of nitrogens with zero attached hydrogens (tertiary/aromatic N) is 2. The summed E-state index contributed by atoms with van der Waals surface area (Å²) in [5.41, 5.74) is 0. The zero-order valence-electron chi connectivity index (χ0n) is 10.1. The molecular weight excluding hydrogens is 220 g/mol. The molecule has 1 atom stereocenters. The van der Waals surface area contributed by atoms with Crippen molar-refractivity contribution in [1.29, 1.82) is 0 Å². The summed E-state index contributed by atoms with van der Waals surface area (Å²) in [7, 11) is 0. The summed E-state index contributed by atoms with van der Waals surface area (Å²) in [4.78, 5) is 15.7. The molecule has 94 valence electrons. The highest BCUT2D eigenvalue weighted by Gasteiger charge is 2.22. The van der Waals surface area contributed by atoms with Gasteiger partial charge in [0.15, 0.2) is 5.82 Å². The highest BCUT2D eigenvalue weighted by molar-refractivity contribution is 5.79. The van der Waals surface area contributed by atoms with Gasteiger partial charge in [-0.2, -0.15) is 4.98 Å². The molecule has 1 saturated heterocycles. The molecule has 17 heavy (non-hydrogen) atoms. The lowest BCUT2D eigenvalue weighted by molar-refractivity contribution is -0.118. The van der Waals surface area contributed by atoms with E-state index >= 15 is 0 Å². The molecule has 2 heterocycles. The third-order valence-corrected chi connectivity index (χ3v) is 2.89. The molecule has 1 aromatic rings. The fraction of sp³-hybridized carbons (Fsp3) is 0.750. The van der Waals surface area contributed by atoms with Crippen molar-refractivity contribution in [1.82, 2.24) is 10.1 Å². The predicted octanol–water partition coefficient (Wildman–Crippen LogP) is 1.88. The van der Waals surface area contributed by atoms with E-state index in [4.69, 9.17) is 9.26 Å². The number of ether oxygens (including phenoxy) is 1. The molecule has 0 N–H and O–H groups in total. The average Bonchev–Trinajstić information content (AvgIpc) is 2.79. The van der Waals surface area contributed by atoms with Crippen LogP contribution in [0.2, 0.25) is 0 Å². The lowest BCUT2D eigenvalue weighted by Gasteiger charge is -2.18. The summed E-state index contributed by atoms with van der Waals surface area (Å²) in [5, 5.41) is 3.93. The molecule has 1 aliphatic heterocycles. The molecule has 0 aromatic carbocycles. The van der Waals surface area contributed by atoms with Crippen molar-refractivity contribution in [3.8, 4) is 0 Å². The molecule has 1 unspecified atom stereocenters. The fourth-order valence-electron chi connectivity index (χ4n) is 1.99. The third kappa shape index (κ3) is 3.36. The van der Waals surface area contributed by atoms with Crippen LogP contribution in [0.3, 0.4) is 0 Å². The van der Waals surface area contributed by atoms with Gasteiger partial charge in [-0.3, -0.25) is 4.79 Å². The quantitative estimate of drug-likeness (QED) is 0.783. The summed E-state index contributed by atoms with van der Waals surface area (Å²) in [5.74, 6) is 1.50. The van der Waals surface area contributed by atoms with E-state index in [0.717, 1.165) is 25.9 Å². The van der Waals surface area contributed by atoms with Gasteiger partial charge >= 0.3 is 0 Å². The van der Waals surface area contributed by atoms with Gasteiger partial charge in [0.05, 0.1) is 13.0 Å². The molecule has 0 bridgehead atoms. The zero-order chi connectivity index (χ0) is 12.1. The van der Waals surface area contributed by atoms with Crippen LogP contribution in [0.1, 0.15) is 50.2 Å². The van der Waals surface area contributed by atoms with Gasteiger partial charge in [0.2, 0.25) is 5.89 Å². The molecule has 5 heteroatoms. The van der Waals surface area contributed by atoms with E-state index < -0.39 is 0 Å². The molecule has 0 radical (unpaired) electrons. The van der Waals surface area contributed by atoms with Crippen LogP contribution in [-0.4, -0.2) is 29.1 Å². The molecule has 0 amide bonds. The molecule has 0 spiro atoms. The largest absolute Gasteiger partial charge is 0.381 e. The Morgan fingerprint density at radius 2 is 2.41 bits per heavy atom. The minimum atomic E-state index is 0.155. The van der Waals surface area contributed by atoms with Crippen molar-refractivity contribution in [2.75, 3.05) is 13.2 Å². The normalized spacial score (nSPS) is 20.4. The van der Waals surface area contributed by atoms with Crippen molar-refractivity contribution in [3.63, 3.8) is 0 Å². The number of rotatable bonds is 5. The second-order valence-corrected chi connectivity index (χ2v) is 4.43. The van der Waals surface area contributed by atoms with Crippen molar-refractivity contribution in [3.05, 3.63) is 11.7 Å². The maximum atomic E-state index is 11.4. The van der Waals surface area contributed by atoms with Gasteiger partial charge in [-0.1, -0.05) is 12.1 Å². The number of Topliss-reactive ketones (excluding diaryl/α,β-unsaturated/α-hetero) is 1. The van der Waals surface area contributed by atoms with Crippen LogP contribution in [0.5, 0.6) is 0 Å². The van der Waals surface area contributed by atoms with Gasteiger partial charge in [0.1, 0.15) is 5.78 Å². The van der Waals surface area contributed by atoms with Gasteiger partial charge in [0.25, 0.3) is 0 Å². The number of hydrogen-bond acceptors (Lipinski definition) is 5. The van der Waals surface area contributed by atoms with Gasteiger partial charge in [-0.25, -0.2) is 0 Å². The van der Waals surface area contributed by atoms with Crippen molar-refractivity contribution in [2.45, 2.75) is 44.9 Å². The standard InChI is InChI=1S/C12H18N2O3/c1-2-4-10(15)7-11-13-12(14-17-11)9-5-3-6-16-8-9/h9H,2-8H2,1H3. The summed E-state index contributed by atoms with van der Waals surface area (Å²) in [6.45, 7) is 3.45. The number of hydrogen-bond donors (Lipinski definition) is 0. The molecule has 1 aromatic heterocycles. The van der Waals surface area contributed by atoms with Crippen LogP contribution >= 0.6 is 0 Å². The maximum absolute atomic E-state index is 11.4. The molecule has 0 saturated carbocycles. The Morgan fingerprint density at radius 3 is 3.12 bits per heavy atom. The highest BCUT2D eigenvalue weighted by Crippen LogP contribution is 2.22. The molecule has 1 fully saturated rings. The first-order valence-corrected chi connectivity index (χ1v) is 6.21. The molecular formula is C12H18N2O3. The third-order valence-electron chi connectivity index (χ3n) is 2.89. The van der Waals surface area contributed by atoms with Crippen LogP contribution in [0.25, 0.3) is 0 Å². The lowest BCUT2D eigenvalue weighted by atomic mass is 10.0. The Morgan fingerprint density at radius 1 is 1.53 bits per heavy atom. The smallest absolute Gasteiger partial charge is 0.234 e. The predicted molar refractivity (Wildman–Crippen MR) is 60.7 cm³/mol. The van der Waals surface area contributed by atoms with Gasteiger partial charge in [0, 0.05) is 18.9 Å². The monoisotopic (exact) mass is 238 g/mol. The number of ketones is 1. The molecule has 1 aliphatic rings. The van der Waals surface area contributed by atoms with E-state index in [-0.39, 0.29) is 18.1 Å². The molecule has 0 aliphatic carbocycles. The van der Waals surface area contributed by atoms with E-state index in [0.29, 0.717) is 24.7 Å². The van der Waals surface area contributed by atoms with Crippen LogP contribution in [-0.2, 0) is 16.0 Å². The van der Waals surface area contributed by atoms with Gasteiger partial charge in [-0.15, -0.1) is 0 Å². The van der Waals surface area contributed by atoms with E-state index in [1.807, 2.05) is 6.92 Å². The van der Waals surface area contributed by atoms with Crippen LogP contribution < -0.4 is 0 Å².